The number of benzene rings is 1. The topological polar surface area (TPSA) is 38.4 Å². The standard InChI is InChI=1S/C19H26N2O2/c22-19-21(17-8-4-5-9-18(17)23-19)13-12-20(16-10-11-16)14-15-6-2-1-3-7-15/h4-5,8-9,15-16H,1-3,6-7,10-14H2. The van der Waals surface area contributed by atoms with Crippen molar-refractivity contribution in [2.24, 2.45) is 5.92 Å². The van der Waals surface area contributed by atoms with E-state index in [1.165, 1.54) is 51.5 Å². The van der Waals surface area contributed by atoms with Crippen LogP contribution in [0.25, 0.3) is 11.1 Å². The minimum Gasteiger partial charge on any atom is -0.408 e. The van der Waals surface area contributed by atoms with E-state index in [0.29, 0.717) is 5.58 Å². The van der Waals surface area contributed by atoms with Crippen molar-refractivity contribution in [3.63, 3.8) is 0 Å². The molecule has 0 aliphatic heterocycles. The highest BCUT2D eigenvalue weighted by Crippen LogP contribution is 2.31. The van der Waals surface area contributed by atoms with E-state index in [1.54, 1.807) is 4.57 Å². The molecule has 2 aliphatic carbocycles. The highest BCUT2D eigenvalue weighted by Gasteiger charge is 2.30. The van der Waals surface area contributed by atoms with Crippen LogP contribution in [-0.2, 0) is 6.54 Å². The van der Waals surface area contributed by atoms with Crippen molar-refractivity contribution >= 4 is 11.1 Å². The summed E-state index contributed by atoms with van der Waals surface area (Å²) in [5.74, 6) is 0.641. The third-order valence-electron chi connectivity index (χ3n) is 5.47. The Bertz CT molecular complexity index is 707. The second kappa shape index (κ2) is 6.52. The molecule has 1 heterocycles. The maximum atomic E-state index is 12.1. The van der Waals surface area contributed by atoms with Crippen LogP contribution in [-0.4, -0.2) is 28.6 Å². The van der Waals surface area contributed by atoms with Gasteiger partial charge in [-0.25, -0.2) is 4.79 Å². The van der Waals surface area contributed by atoms with Crippen molar-refractivity contribution in [1.29, 1.82) is 0 Å². The molecule has 0 atom stereocenters. The van der Waals surface area contributed by atoms with E-state index < -0.39 is 0 Å². The molecule has 4 nitrogen and oxygen atoms in total. The lowest BCUT2D eigenvalue weighted by Gasteiger charge is -2.29. The van der Waals surface area contributed by atoms with E-state index in [0.717, 1.165) is 30.6 Å². The molecule has 1 aromatic carbocycles. The van der Waals surface area contributed by atoms with E-state index in [-0.39, 0.29) is 5.76 Å². The molecule has 0 spiro atoms. The summed E-state index contributed by atoms with van der Waals surface area (Å²) in [4.78, 5) is 14.7. The van der Waals surface area contributed by atoms with Gasteiger partial charge in [0.1, 0.15) is 0 Å². The van der Waals surface area contributed by atoms with Crippen LogP contribution in [0.2, 0.25) is 0 Å². The van der Waals surface area contributed by atoms with Crippen LogP contribution in [0, 0.1) is 5.92 Å². The van der Waals surface area contributed by atoms with Gasteiger partial charge in [-0.1, -0.05) is 31.4 Å². The van der Waals surface area contributed by atoms with Gasteiger partial charge in [0.2, 0.25) is 0 Å². The summed E-state index contributed by atoms with van der Waals surface area (Å²) >= 11 is 0. The summed E-state index contributed by atoms with van der Waals surface area (Å²) < 4.78 is 7.14. The predicted molar refractivity (Wildman–Crippen MR) is 91.6 cm³/mol. The molecule has 2 aromatic rings. The number of aromatic nitrogens is 1. The van der Waals surface area contributed by atoms with Crippen molar-refractivity contribution in [1.82, 2.24) is 9.47 Å². The fourth-order valence-corrected chi connectivity index (χ4v) is 4.02. The van der Waals surface area contributed by atoms with E-state index >= 15 is 0 Å². The molecule has 0 saturated heterocycles. The largest absolute Gasteiger partial charge is 0.419 e. The van der Waals surface area contributed by atoms with Gasteiger partial charge in [-0.05, 0) is 43.7 Å². The molecule has 23 heavy (non-hydrogen) atoms. The summed E-state index contributed by atoms with van der Waals surface area (Å²) in [5.41, 5.74) is 1.62. The number of nitrogens with zero attached hydrogens (tertiary/aromatic N) is 2. The Morgan fingerprint density at radius 1 is 1.09 bits per heavy atom. The van der Waals surface area contributed by atoms with Crippen molar-refractivity contribution in [2.75, 3.05) is 13.1 Å². The van der Waals surface area contributed by atoms with Crippen molar-refractivity contribution < 1.29 is 4.42 Å². The number of fused-ring (bicyclic) bond motifs is 1. The van der Waals surface area contributed by atoms with Crippen LogP contribution >= 0.6 is 0 Å². The lowest BCUT2D eigenvalue weighted by atomic mass is 9.89. The Labute approximate surface area is 137 Å². The number of hydrogen-bond acceptors (Lipinski definition) is 3. The fraction of sp³-hybridized carbons (Fsp3) is 0.632. The number of para-hydroxylation sites is 2. The van der Waals surface area contributed by atoms with Gasteiger partial charge < -0.3 is 4.42 Å². The number of rotatable bonds is 6. The van der Waals surface area contributed by atoms with Crippen LogP contribution in [0.4, 0.5) is 0 Å². The van der Waals surface area contributed by atoms with Crippen LogP contribution < -0.4 is 5.76 Å². The molecule has 1 aromatic heterocycles. The highest BCUT2D eigenvalue weighted by atomic mass is 16.4. The van der Waals surface area contributed by atoms with Gasteiger partial charge in [0.05, 0.1) is 5.52 Å². The number of hydrogen-bond donors (Lipinski definition) is 0. The number of oxazole rings is 1. The van der Waals surface area contributed by atoms with Crippen molar-refractivity contribution in [2.45, 2.75) is 57.5 Å². The second-order valence-corrected chi connectivity index (χ2v) is 7.22. The monoisotopic (exact) mass is 314 g/mol. The summed E-state index contributed by atoms with van der Waals surface area (Å²) in [7, 11) is 0. The average molecular weight is 314 g/mol. The van der Waals surface area contributed by atoms with Gasteiger partial charge in [-0.2, -0.15) is 0 Å². The Morgan fingerprint density at radius 2 is 1.87 bits per heavy atom. The quantitative estimate of drug-likeness (QED) is 0.817. The maximum absolute atomic E-state index is 12.1. The lowest BCUT2D eigenvalue weighted by molar-refractivity contribution is 0.186. The van der Waals surface area contributed by atoms with Crippen molar-refractivity contribution in [3.05, 3.63) is 34.8 Å². The third-order valence-corrected chi connectivity index (χ3v) is 5.47. The molecule has 0 unspecified atom stereocenters. The molecule has 4 rings (SSSR count). The Balaban J connectivity index is 1.44. The van der Waals surface area contributed by atoms with Gasteiger partial charge >= 0.3 is 5.76 Å². The Morgan fingerprint density at radius 3 is 2.65 bits per heavy atom. The van der Waals surface area contributed by atoms with Gasteiger partial charge in [-0.15, -0.1) is 0 Å². The highest BCUT2D eigenvalue weighted by molar-refractivity contribution is 5.72. The predicted octanol–water partition coefficient (Wildman–Crippen LogP) is 3.64. The first-order chi connectivity index (χ1) is 11.3. The van der Waals surface area contributed by atoms with E-state index in [4.69, 9.17) is 4.42 Å². The first-order valence-corrected chi connectivity index (χ1v) is 9.14. The minimum absolute atomic E-state index is 0.223. The molecule has 4 heteroatoms. The molecule has 0 amide bonds. The SMILES string of the molecule is O=c1oc2ccccc2n1CCN(CC1CCCCC1)C1CC1. The molecular formula is C19H26N2O2. The fourth-order valence-electron chi connectivity index (χ4n) is 4.02. The van der Waals surface area contributed by atoms with Crippen molar-refractivity contribution in [3.8, 4) is 0 Å². The molecular weight excluding hydrogens is 288 g/mol. The summed E-state index contributed by atoms with van der Waals surface area (Å²) in [6.07, 6.45) is 9.64. The zero-order valence-corrected chi connectivity index (χ0v) is 13.7. The zero-order chi connectivity index (χ0) is 15.6. The van der Waals surface area contributed by atoms with Gasteiger partial charge in [0.15, 0.2) is 5.58 Å². The molecule has 0 radical (unpaired) electrons. The molecule has 2 fully saturated rings. The van der Waals surface area contributed by atoms with Crippen LogP contribution in [0.5, 0.6) is 0 Å². The molecule has 0 bridgehead atoms. The summed E-state index contributed by atoms with van der Waals surface area (Å²) in [5, 5.41) is 0. The van der Waals surface area contributed by atoms with Gasteiger partial charge in [0.25, 0.3) is 0 Å². The lowest BCUT2D eigenvalue weighted by Crippen LogP contribution is -2.36. The molecule has 124 valence electrons. The van der Waals surface area contributed by atoms with Crippen LogP contribution in [0.1, 0.15) is 44.9 Å². The van der Waals surface area contributed by atoms with E-state index in [9.17, 15) is 4.79 Å². The van der Waals surface area contributed by atoms with Crippen LogP contribution in [0.15, 0.2) is 33.5 Å². The van der Waals surface area contributed by atoms with E-state index in [2.05, 4.69) is 4.90 Å². The molecule has 0 N–H and O–H groups in total. The first-order valence-electron chi connectivity index (χ1n) is 9.14. The third kappa shape index (κ3) is 3.37. The maximum Gasteiger partial charge on any atom is 0.419 e. The Kier molecular flexibility index (Phi) is 4.25. The Hall–Kier alpha value is -1.55. The van der Waals surface area contributed by atoms with Gasteiger partial charge in [-0.3, -0.25) is 9.47 Å². The second-order valence-electron chi connectivity index (χ2n) is 7.22. The van der Waals surface area contributed by atoms with Crippen LogP contribution in [0.3, 0.4) is 0 Å². The van der Waals surface area contributed by atoms with Gasteiger partial charge in [0, 0.05) is 25.7 Å². The molecule has 2 saturated carbocycles. The zero-order valence-electron chi connectivity index (χ0n) is 13.7. The first kappa shape index (κ1) is 15.0. The molecule has 2 aliphatic rings. The van der Waals surface area contributed by atoms with E-state index in [1.807, 2.05) is 24.3 Å². The smallest absolute Gasteiger partial charge is 0.408 e. The normalized spacial score (nSPS) is 19.7. The summed E-state index contributed by atoms with van der Waals surface area (Å²) in [6, 6.07) is 8.48. The summed E-state index contributed by atoms with van der Waals surface area (Å²) in [6.45, 7) is 2.92. The minimum atomic E-state index is -0.223. The average Bonchev–Trinajstić information content (AvgIpc) is 3.36.